The number of carbonyl (C=O) groups excluding carboxylic acids is 3. The molecule has 1 atom stereocenters. The minimum Gasteiger partial charge on any atom is -0.449 e. The Hall–Kier alpha value is -3.93. The summed E-state index contributed by atoms with van der Waals surface area (Å²) < 4.78 is 10.3. The van der Waals surface area contributed by atoms with Crippen LogP contribution in [-0.2, 0) is 20.9 Å². The number of hydrogen-bond acceptors (Lipinski definition) is 5. The summed E-state index contributed by atoms with van der Waals surface area (Å²) in [5.74, 6) is -0.838. The van der Waals surface area contributed by atoms with Gasteiger partial charge in [-0.1, -0.05) is 54.6 Å². The maximum absolute atomic E-state index is 12.4. The highest BCUT2D eigenvalue weighted by Gasteiger charge is 2.18. The van der Waals surface area contributed by atoms with E-state index in [-0.39, 0.29) is 11.9 Å². The molecule has 1 amide bonds. The highest BCUT2D eigenvalue weighted by Crippen LogP contribution is 2.23. The molecular formula is C25H23NO5. The summed E-state index contributed by atoms with van der Waals surface area (Å²) in [4.78, 5) is 35.6. The van der Waals surface area contributed by atoms with E-state index in [0.717, 1.165) is 16.7 Å². The lowest BCUT2D eigenvalue weighted by atomic mass is 10.0. The first-order valence-electron chi connectivity index (χ1n) is 9.84. The summed E-state index contributed by atoms with van der Waals surface area (Å²) in [6.07, 6.45) is -0.912. The van der Waals surface area contributed by atoms with Crippen molar-refractivity contribution in [3.05, 3.63) is 90.0 Å². The Kier molecular flexibility index (Phi) is 7.17. The Morgan fingerprint density at radius 3 is 2.00 bits per heavy atom. The second-order valence-corrected chi connectivity index (χ2v) is 6.95. The van der Waals surface area contributed by atoms with Crippen LogP contribution in [-0.4, -0.2) is 23.9 Å². The molecule has 0 aliphatic rings. The van der Waals surface area contributed by atoms with Crippen molar-refractivity contribution in [2.45, 2.75) is 26.5 Å². The number of amides is 1. The molecule has 3 rings (SSSR count). The number of nitrogens with one attached hydrogen (secondary N) is 1. The molecule has 0 fully saturated rings. The summed E-state index contributed by atoms with van der Waals surface area (Å²) in [5, 5.41) is 2.75. The van der Waals surface area contributed by atoms with Crippen LogP contribution in [0, 0.1) is 0 Å². The van der Waals surface area contributed by atoms with Gasteiger partial charge >= 0.3 is 11.9 Å². The largest absolute Gasteiger partial charge is 0.449 e. The van der Waals surface area contributed by atoms with Crippen molar-refractivity contribution in [1.29, 1.82) is 0 Å². The normalized spacial score (nSPS) is 11.3. The van der Waals surface area contributed by atoms with Gasteiger partial charge in [-0.25, -0.2) is 4.79 Å². The van der Waals surface area contributed by atoms with Gasteiger partial charge in [0.15, 0.2) is 6.10 Å². The first kappa shape index (κ1) is 21.8. The summed E-state index contributed by atoms with van der Waals surface area (Å²) >= 11 is 0. The number of rotatable bonds is 7. The smallest absolute Gasteiger partial charge is 0.338 e. The van der Waals surface area contributed by atoms with Crippen LogP contribution in [0.1, 0.15) is 29.8 Å². The van der Waals surface area contributed by atoms with Crippen molar-refractivity contribution in [2.75, 3.05) is 0 Å². The topological polar surface area (TPSA) is 81.7 Å². The number of hydrogen-bond donors (Lipinski definition) is 1. The second-order valence-electron chi connectivity index (χ2n) is 6.95. The van der Waals surface area contributed by atoms with Crippen LogP contribution in [0.4, 0.5) is 0 Å². The number of benzene rings is 3. The van der Waals surface area contributed by atoms with Crippen LogP contribution in [0.5, 0.6) is 5.75 Å². The van der Waals surface area contributed by atoms with Crippen molar-refractivity contribution >= 4 is 17.8 Å². The summed E-state index contributed by atoms with van der Waals surface area (Å²) in [6.45, 7) is 3.25. The molecule has 1 N–H and O–H groups in total. The maximum atomic E-state index is 12.4. The summed E-state index contributed by atoms with van der Waals surface area (Å²) in [5.41, 5.74) is 3.11. The molecule has 0 saturated carbocycles. The van der Waals surface area contributed by atoms with Gasteiger partial charge in [0.05, 0.1) is 5.56 Å². The molecule has 0 radical (unpaired) electrons. The van der Waals surface area contributed by atoms with Crippen LogP contribution in [0.2, 0.25) is 0 Å². The van der Waals surface area contributed by atoms with E-state index in [0.29, 0.717) is 17.9 Å². The lowest BCUT2D eigenvalue weighted by Crippen LogP contribution is -2.35. The average molecular weight is 417 g/mol. The van der Waals surface area contributed by atoms with Crippen LogP contribution < -0.4 is 10.1 Å². The summed E-state index contributed by atoms with van der Waals surface area (Å²) in [6, 6.07) is 23.4. The Bertz CT molecular complexity index is 1040. The van der Waals surface area contributed by atoms with E-state index in [1.54, 1.807) is 36.4 Å². The van der Waals surface area contributed by atoms with Gasteiger partial charge in [-0.2, -0.15) is 0 Å². The molecule has 0 heterocycles. The quantitative estimate of drug-likeness (QED) is 0.462. The standard InChI is InChI=1S/C25H23NO5/c1-17(24(28)26-16-19-6-4-3-5-7-19)30-25(29)22-10-8-20(9-11-22)21-12-14-23(15-13-21)31-18(2)27/h3-15,17H,16H2,1-2H3,(H,26,28)/t17-/m1/s1. The first-order valence-corrected chi connectivity index (χ1v) is 9.84. The highest BCUT2D eigenvalue weighted by atomic mass is 16.5. The molecule has 31 heavy (non-hydrogen) atoms. The molecule has 3 aromatic rings. The fourth-order valence-corrected chi connectivity index (χ4v) is 2.89. The van der Waals surface area contributed by atoms with Gasteiger partial charge in [0.1, 0.15) is 5.75 Å². The predicted molar refractivity (Wildman–Crippen MR) is 116 cm³/mol. The highest BCUT2D eigenvalue weighted by molar-refractivity contribution is 5.92. The van der Waals surface area contributed by atoms with E-state index in [4.69, 9.17) is 9.47 Å². The molecule has 158 valence electrons. The van der Waals surface area contributed by atoms with E-state index >= 15 is 0 Å². The molecule has 6 heteroatoms. The number of ether oxygens (including phenoxy) is 2. The van der Waals surface area contributed by atoms with Gasteiger partial charge in [-0.05, 0) is 47.9 Å². The average Bonchev–Trinajstić information content (AvgIpc) is 2.78. The first-order chi connectivity index (χ1) is 14.9. The van der Waals surface area contributed by atoms with Gasteiger partial charge in [0.25, 0.3) is 5.91 Å². The molecular weight excluding hydrogens is 394 g/mol. The minimum absolute atomic E-state index is 0.350. The minimum atomic E-state index is -0.912. The summed E-state index contributed by atoms with van der Waals surface area (Å²) in [7, 11) is 0. The lowest BCUT2D eigenvalue weighted by molar-refractivity contribution is -0.132. The molecule has 3 aromatic carbocycles. The fraction of sp³-hybridized carbons (Fsp3) is 0.160. The van der Waals surface area contributed by atoms with E-state index in [1.807, 2.05) is 42.5 Å². The zero-order chi connectivity index (χ0) is 22.2. The Morgan fingerprint density at radius 1 is 0.839 bits per heavy atom. The fourth-order valence-electron chi connectivity index (χ4n) is 2.89. The molecule has 0 aromatic heterocycles. The third-order valence-corrected chi connectivity index (χ3v) is 4.53. The van der Waals surface area contributed by atoms with Gasteiger partial charge in [0.2, 0.25) is 0 Å². The van der Waals surface area contributed by atoms with Gasteiger partial charge in [-0.3, -0.25) is 9.59 Å². The lowest BCUT2D eigenvalue weighted by Gasteiger charge is -2.14. The predicted octanol–water partition coefficient (Wildman–Crippen LogP) is 4.14. The van der Waals surface area contributed by atoms with E-state index in [1.165, 1.54) is 13.8 Å². The Labute approximate surface area is 180 Å². The molecule has 6 nitrogen and oxygen atoms in total. The molecule has 0 saturated heterocycles. The van der Waals surface area contributed by atoms with Crippen molar-refractivity contribution < 1.29 is 23.9 Å². The SMILES string of the molecule is CC(=O)Oc1ccc(-c2ccc(C(=O)O[C@H](C)C(=O)NCc3ccccc3)cc2)cc1. The number of esters is 2. The van der Waals surface area contributed by atoms with Gasteiger partial charge in [-0.15, -0.1) is 0 Å². The van der Waals surface area contributed by atoms with Crippen LogP contribution in [0.25, 0.3) is 11.1 Å². The van der Waals surface area contributed by atoms with E-state index < -0.39 is 12.1 Å². The van der Waals surface area contributed by atoms with Crippen molar-refractivity contribution in [3.63, 3.8) is 0 Å². The molecule has 0 aliphatic heterocycles. The van der Waals surface area contributed by atoms with Crippen molar-refractivity contribution in [2.24, 2.45) is 0 Å². The van der Waals surface area contributed by atoms with E-state index in [2.05, 4.69) is 5.32 Å². The number of carbonyl (C=O) groups is 3. The molecule has 0 unspecified atom stereocenters. The second kappa shape index (κ2) is 10.2. The van der Waals surface area contributed by atoms with Crippen molar-refractivity contribution in [3.8, 4) is 16.9 Å². The zero-order valence-corrected chi connectivity index (χ0v) is 17.3. The van der Waals surface area contributed by atoms with Crippen LogP contribution >= 0.6 is 0 Å². The molecule has 0 aliphatic carbocycles. The Morgan fingerprint density at radius 2 is 1.42 bits per heavy atom. The third-order valence-electron chi connectivity index (χ3n) is 4.53. The maximum Gasteiger partial charge on any atom is 0.338 e. The van der Waals surface area contributed by atoms with Gasteiger partial charge < -0.3 is 14.8 Å². The van der Waals surface area contributed by atoms with Gasteiger partial charge in [0, 0.05) is 13.5 Å². The molecule has 0 bridgehead atoms. The van der Waals surface area contributed by atoms with Crippen LogP contribution in [0.3, 0.4) is 0 Å². The van der Waals surface area contributed by atoms with E-state index in [9.17, 15) is 14.4 Å². The third kappa shape index (κ3) is 6.27. The van der Waals surface area contributed by atoms with Crippen molar-refractivity contribution in [1.82, 2.24) is 5.32 Å². The molecule has 0 spiro atoms. The van der Waals surface area contributed by atoms with Crippen LogP contribution in [0.15, 0.2) is 78.9 Å². The monoisotopic (exact) mass is 417 g/mol. The zero-order valence-electron chi connectivity index (χ0n) is 17.3. The Balaban J connectivity index is 1.55.